The molecule has 0 aliphatic carbocycles. The van der Waals surface area contributed by atoms with E-state index in [1.165, 1.54) is 4.68 Å². The largest absolute Gasteiger partial charge is 0.442 e. The highest BCUT2D eigenvalue weighted by atomic mass is 16.6. The van der Waals surface area contributed by atoms with Crippen LogP contribution >= 0.6 is 0 Å². The molecule has 0 N–H and O–H groups in total. The molecule has 1 aromatic rings. The molecule has 0 radical (unpaired) electrons. The van der Waals surface area contributed by atoms with E-state index >= 15 is 0 Å². The van der Waals surface area contributed by atoms with E-state index in [-0.39, 0.29) is 5.41 Å². The van der Waals surface area contributed by atoms with Crippen molar-refractivity contribution in [3.63, 3.8) is 0 Å². The molecule has 0 saturated heterocycles. The molecular formula is C12H20N2O2. The van der Waals surface area contributed by atoms with Gasteiger partial charge in [0.2, 0.25) is 0 Å². The summed E-state index contributed by atoms with van der Waals surface area (Å²) in [4.78, 5) is 11.7. The Morgan fingerprint density at radius 2 is 1.81 bits per heavy atom. The molecule has 0 fully saturated rings. The molecule has 0 saturated carbocycles. The van der Waals surface area contributed by atoms with E-state index in [0.29, 0.717) is 0 Å². The minimum Gasteiger partial charge on any atom is -0.442 e. The van der Waals surface area contributed by atoms with Gasteiger partial charge in [0, 0.05) is 6.20 Å². The molecule has 90 valence electrons. The Morgan fingerprint density at radius 1 is 1.25 bits per heavy atom. The second-order valence-corrected chi connectivity index (χ2v) is 5.90. The summed E-state index contributed by atoms with van der Waals surface area (Å²) in [6, 6.07) is 0. The smallest absolute Gasteiger partial charge is 0.435 e. The standard InChI is InChI=1S/C12H20N2O2/c1-11(2,3)9-7-13-14(8-9)10(15)16-12(4,5)6/h7-8H,1-6H3. The third-order valence-electron chi connectivity index (χ3n) is 2.03. The Morgan fingerprint density at radius 3 is 2.19 bits per heavy atom. The van der Waals surface area contributed by atoms with E-state index in [0.717, 1.165) is 5.56 Å². The van der Waals surface area contributed by atoms with Crippen molar-refractivity contribution in [1.29, 1.82) is 0 Å². The van der Waals surface area contributed by atoms with Gasteiger partial charge in [0.1, 0.15) is 5.60 Å². The number of nitrogens with zero attached hydrogens (tertiary/aromatic N) is 2. The zero-order valence-corrected chi connectivity index (χ0v) is 10.9. The monoisotopic (exact) mass is 224 g/mol. The van der Waals surface area contributed by atoms with Gasteiger partial charge >= 0.3 is 6.09 Å². The molecule has 0 unspecified atom stereocenters. The van der Waals surface area contributed by atoms with Gasteiger partial charge in [0.15, 0.2) is 0 Å². The Bertz CT molecular complexity index is 380. The number of hydrogen-bond acceptors (Lipinski definition) is 3. The molecule has 0 amide bonds. The average molecular weight is 224 g/mol. The first kappa shape index (κ1) is 12.7. The van der Waals surface area contributed by atoms with Crippen LogP contribution in [0, 0.1) is 0 Å². The number of carbonyl (C=O) groups is 1. The SMILES string of the molecule is CC(C)(C)OC(=O)n1cc(C(C)(C)C)cn1. The zero-order valence-electron chi connectivity index (χ0n) is 10.9. The summed E-state index contributed by atoms with van der Waals surface area (Å²) < 4.78 is 6.45. The van der Waals surface area contributed by atoms with Crippen molar-refractivity contribution in [3.05, 3.63) is 18.0 Å². The first-order valence-electron chi connectivity index (χ1n) is 5.38. The van der Waals surface area contributed by atoms with Gasteiger partial charge in [0.25, 0.3) is 0 Å². The molecule has 4 heteroatoms. The molecule has 1 rings (SSSR count). The van der Waals surface area contributed by atoms with Gasteiger partial charge in [-0.05, 0) is 31.7 Å². The van der Waals surface area contributed by atoms with E-state index in [1.807, 2.05) is 20.8 Å². The van der Waals surface area contributed by atoms with Crippen molar-refractivity contribution in [2.45, 2.75) is 52.6 Å². The predicted molar refractivity (Wildman–Crippen MR) is 62.6 cm³/mol. The Kier molecular flexibility index (Phi) is 3.13. The van der Waals surface area contributed by atoms with Gasteiger partial charge in [-0.15, -0.1) is 0 Å². The summed E-state index contributed by atoms with van der Waals surface area (Å²) in [7, 11) is 0. The van der Waals surface area contributed by atoms with Crippen LogP contribution in [-0.2, 0) is 10.2 Å². The van der Waals surface area contributed by atoms with Gasteiger partial charge in [-0.1, -0.05) is 20.8 Å². The van der Waals surface area contributed by atoms with E-state index in [9.17, 15) is 4.79 Å². The summed E-state index contributed by atoms with van der Waals surface area (Å²) in [5, 5.41) is 4.01. The summed E-state index contributed by atoms with van der Waals surface area (Å²) in [6.07, 6.45) is 2.97. The van der Waals surface area contributed by atoms with Crippen LogP contribution in [0.15, 0.2) is 12.4 Å². The van der Waals surface area contributed by atoms with Gasteiger partial charge in [0.05, 0.1) is 6.20 Å². The van der Waals surface area contributed by atoms with Crippen LogP contribution in [0.5, 0.6) is 0 Å². The lowest BCUT2D eigenvalue weighted by Gasteiger charge is -2.19. The lowest BCUT2D eigenvalue weighted by molar-refractivity contribution is 0.0514. The molecule has 0 aromatic carbocycles. The summed E-state index contributed by atoms with van der Waals surface area (Å²) in [6.45, 7) is 11.7. The molecule has 1 heterocycles. The van der Waals surface area contributed by atoms with E-state index < -0.39 is 11.7 Å². The molecular weight excluding hydrogens is 204 g/mol. The molecule has 16 heavy (non-hydrogen) atoms. The lowest BCUT2D eigenvalue weighted by atomic mass is 9.90. The molecule has 0 atom stereocenters. The normalized spacial score (nSPS) is 12.6. The maximum absolute atomic E-state index is 11.7. The van der Waals surface area contributed by atoms with Crippen molar-refractivity contribution in [2.24, 2.45) is 0 Å². The number of hydrogen-bond donors (Lipinski definition) is 0. The van der Waals surface area contributed by atoms with Crippen molar-refractivity contribution in [2.75, 3.05) is 0 Å². The van der Waals surface area contributed by atoms with Crippen molar-refractivity contribution >= 4 is 6.09 Å². The molecule has 0 bridgehead atoms. The molecule has 0 spiro atoms. The lowest BCUT2D eigenvalue weighted by Crippen LogP contribution is -2.27. The third-order valence-corrected chi connectivity index (χ3v) is 2.03. The second kappa shape index (κ2) is 3.92. The maximum atomic E-state index is 11.7. The molecule has 1 aromatic heterocycles. The predicted octanol–water partition coefficient (Wildman–Crippen LogP) is 2.96. The fourth-order valence-electron chi connectivity index (χ4n) is 1.12. The van der Waals surface area contributed by atoms with Gasteiger partial charge < -0.3 is 4.74 Å². The van der Waals surface area contributed by atoms with Crippen molar-refractivity contribution in [1.82, 2.24) is 9.78 Å². The first-order valence-corrected chi connectivity index (χ1v) is 5.38. The van der Waals surface area contributed by atoms with Crippen LogP contribution in [0.25, 0.3) is 0 Å². The van der Waals surface area contributed by atoms with Crippen molar-refractivity contribution in [3.8, 4) is 0 Å². The van der Waals surface area contributed by atoms with Crippen LogP contribution in [0.2, 0.25) is 0 Å². The molecule has 0 aliphatic rings. The van der Waals surface area contributed by atoms with Gasteiger partial charge in [-0.3, -0.25) is 0 Å². The second-order valence-electron chi connectivity index (χ2n) is 5.90. The minimum absolute atomic E-state index is 0.0136. The number of ether oxygens (including phenoxy) is 1. The summed E-state index contributed by atoms with van der Waals surface area (Å²) in [5.41, 5.74) is 0.504. The summed E-state index contributed by atoms with van der Waals surface area (Å²) in [5.74, 6) is 0. The highest BCUT2D eigenvalue weighted by molar-refractivity contribution is 5.69. The summed E-state index contributed by atoms with van der Waals surface area (Å²) >= 11 is 0. The average Bonchev–Trinajstić information content (AvgIpc) is 2.46. The van der Waals surface area contributed by atoms with E-state index in [1.54, 1.807) is 12.4 Å². The maximum Gasteiger partial charge on any atom is 0.435 e. The number of rotatable bonds is 0. The van der Waals surface area contributed by atoms with Crippen LogP contribution < -0.4 is 0 Å². The Hall–Kier alpha value is -1.32. The zero-order chi connectivity index (χ0) is 12.6. The van der Waals surface area contributed by atoms with Crippen LogP contribution in [0.1, 0.15) is 47.1 Å². The highest BCUT2D eigenvalue weighted by Gasteiger charge is 2.21. The molecule has 4 nitrogen and oxygen atoms in total. The van der Waals surface area contributed by atoms with E-state index in [4.69, 9.17) is 4.74 Å². The number of carbonyl (C=O) groups excluding carboxylic acids is 1. The topological polar surface area (TPSA) is 44.1 Å². The van der Waals surface area contributed by atoms with Gasteiger partial charge in [-0.25, -0.2) is 4.79 Å². The van der Waals surface area contributed by atoms with E-state index in [2.05, 4.69) is 25.9 Å². The fraction of sp³-hybridized carbons (Fsp3) is 0.667. The van der Waals surface area contributed by atoms with Crippen molar-refractivity contribution < 1.29 is 9.53 Å². The quantitative estimate of drug-likeness (QED) is 0.680. The minimum atomic E-state index is -0.495. The molecule has 0 aliphatic heterocycles. The number of aromatic nitrogens is 2. The Balaban J connectivity index is 2.83. The van der Waals surface area contributed by atoms with Crippen LogP contribution in [0.3, 0.4) is 0 Å². The first-order chi connectivity index (χ1) is 7.09. The Labute approximate surface area is 96.6 Å². The van der Waals surface area contributed by atoms with Gasteiger partial charge in [-0.2, -0.15) is 9.78 Å². The van der Waals surface area contributed by atoms with Crippen LogP contribution in [-0.4, -0.2) is 21.5 Å². The third kappa shape index (κ3) is 3.36. The highest BCUT2D eigenvalue weighted by Crippen LogP contribution is 2.21. The fourth-order valence-corrected chi connectivity index (χ4v) is 1.12. The van der Waals surface area contributed by atoms with Crippen LogP contribution in [0.4, 0.5) is 4.79 Å².